The molecule has 8 aromatic rings. The van der Waals surface area contributed by atoms with Crippen LogP contribution >= 0.6 is 0 Å². The molecule has 0 aliphatic heterocycles. The number of para-hydroxylation sites is 1. The van der Waals surface area contributed by atoms with Crippen molar-refractivity contribution in [3.8, 4) is 22.3 Å². The summed E-state index contributed by atoms with van der Waals surface area (Å²) in [5, 5.41) is -2.48. The number of fused-ring (bicyclic) bond motifs is 6. The summed E-state index contributed by atoms with van der Waals surface area (Å²) in [6.45, 7) is 0. The summed E-state index contributed by atoms with van der Waals surface area (Å²) in [7, 11) is 0. The van der Waals surface area contributed by atoms with Gasteiger partial charge in [0.1, 0.15) is 11.2 Å². The maximum Gasteiger partial charge on any atom is 0.136 e. The highest BCUT2D eigenvalue weighted by molar-refractivity contribution is 6.26. The largest absolute Gasteiger partial charge is 0.456 e. The van der Waals surface area contributed by atoms with E-state index in [1.807, 2.05) is 0 Å². The van der Waals surface area contributed by atoms with Gasteiger partial charge in [-0.1, -0.05) is 121 Å². The van der Waals surface area contributed by atoms with E-state index in [1.54, 1.807) is 24.3 Å². The lowest BCUT2D eigenvalue weighted by Crippen LogP contribution is -1.92. The van der Waals surface area contributed by atoms with E-state index >= 15 is 0 Å². The highest BCUT2D eigenvalue weighted by Crippen LogP contribution is 2.47. The summed E-state index contributed by atoms with van der Waals surface area (Å²) in [5.41, 5.74) is -1.59. The molecule has 0 radical (unpaired) electrons. The summed E-state index contributed by atoms with van der Waals surface area (Å²) in [6.07, 6.45) is 0. The highest BCUT2D eigenvalue weighted by Gasteiger charge is 2.20. The van der Waals surface area contributed by atoms with Crippen molar-refractivity contribution in [2.24, 2.45) is 0 Å². The molecule has 0 unspecified atom stereocenters. The number of rotatable bonds is 2. The third-order valence-electron chi connectivity index (χ3n) is 6.40. The second kappa shape index (κ2) is 7.81. The van der Waals surface area contributed by atoms with Crippen molar-refractivity contribution in [1.82, 2.24) is 0 Å². The average molecular weight is 489 g/mol. The molecule has 8 rings (SSSR count). The van der Waals surface area contributed by atoms with Crippen LogP contribution in [0.15, 0.2) is 137 Å². The fraction of sp³-hybridized carbons (Fsp3) is 0. The summed E-state index contributed by atoms with van der Waals surface area (Å²) >= 11 is 0. The van der Waals surface area contributed by atoms with Gasteiger partial charge in [0.2, 0.25) is 0 Å². The molecule has 172 valence electrons. The van der Waals surface area contributed by atoms with Gasteiger partial charge in [-0.3, -0.25) is 0 Å². The molecule has 0 saturated heterocycles. The molecule has 0 aliphatic carbocycles. The van der Waals surface area contributed by atoms with Crippen LogP contribution < -0.4 is 0 Å². The van der Waals surface area contributed by atoms with Gasteiger partial charge in [0.15, 0.2) is 0 Å². The third-order valence-corrected chi connectivity index (χ3v) is 6.40. The Kier molecular flexibility index (Phi) is 2.01. The van der Waals surface area contributed by atoms with Gasteiger partial charge < -0.3 is 4.42 Å². The van der Waals surface area contributed by atoms with Crippen molar-refractivity contribution >= 4 is 54.3 Å². The van der Waals surface area contributed by atoms with Crippen LogP contribution in [0, 0.1) is 0 Å². The van der Waals surface area contributed by atoms with Gasteiger partial charge in [-0.15, -0.1) is 0 Å². The van der Waals surface area contributed by atoms with Crippen molar-refractivity contribution in [1.29, 1.82) is 0 Å². The molecule has 0 N–H and O–H groups in total. The minimum atomic E-state index is -0.829. The standard InChI is InChI=1S/C36H22O/c1-2-13-24-23(11-1)12-9-19-25(24)34-26-14-3-5-16-28(26)35(29-17-6-4-15-27(29)34)31-20-10-22-33-36(31)30-18-7-8-21-32(30)37-33/h1-22H/i1D,2D,3D,4D,5D,6D,9D,10D,11D,12D,13D,14D,15D,16D,17D,19D,20D,22D. The van der Waals surface area contributed by atoms with Crippen LogP contribution in [0.25, 0.3) is 76.5 Å². The molecule has 1 heterocycles. The highest BCUT2D eigenvalue weighted by atomic mass is 16.3. The Bertz CT molecular complexity index is 3040. The van der Waals surface area contributed by atoms with E-state index in [4.69, 9.17) is 20.9 Å². The first-order valence-electron chi connectivity index (χ1n) is 20.2. The van der Waals surface area contributed by atoms with E-state index < -0.39 is 152 Å². The lowest BCUT2D eigenvalue weighted by Gasteiger charge is -2.19. The number of benzene rings is 7. The van der Waals surface area contributed by atoms with Gasteiger partial charge in [-0.25, -0.2) is 0 Å². The summed E-state index contributed by atoms with van der Waals surface area (Å²) < 4.78 is 166. The smallest absolute Gasteiger partial charge is 0.136 e. The van der Waals surface area contributed by atoms with Crippen LogP contribution in [0.2, 0.25) is 0 Å². The molecule has 0 fully saturated rings. The normalized spacial score (nSPS) is 18.6. The van der Waals surface area contributed by atoms with Crippen LogP contribution in [-0.4, -0.2) is 0 Å². The molecule has 1 heteroatoms. The van der Waals surface area contributed by atoms with Crippen molar-refractivity contribution in [3.05, 3.63) is 133 Å². The third kappa shape index (κ3) is 2.92. The van der Waals surface area contributed by atoms with E-state index in [1.165, 1.54) is 0 Å². The Balaban J connectivity index is 1.83. The fourth-order valence-electron chi connectivity index (χ4n) is 4.91. The minimum Gasteiger partial charge on any atom is -0.456 e. The molecule has 0 amide bonds. The van der Waals surface area contributed by atoms with E-state index in [2.05, 4.69) is 0 Å². The van der Waals surface area contributed by atoms with Crippen LogP contribution in [0.4, 0.5) is 0 Å². The van der Waals surface area contributed by atoms with E-state index in [0.717, 1.165) is 0 Å². The molecule has 0 spiro atoms. The average Bonchev–Trinajstić information content (AvgIpc) is 3.56. The van der Waals surface area contributed by atoms with Crippen molar-refractivity contribution in [2.45, 2.75) is 0 Å². The monoisotopic (exact) mass is 488 g/mol. The summed E-state index contributed by atoms with van der Waals surface area (Å²) in [5.74, 6) is 0. The van der Waals surface area contributed by atoms with Gasteiger partial charge in [-0.2, -0.15) is 0 Å². The maximum atomic E-state index is 9.32. The SMILES string of the molecule is [2H]c1c([2H])c(-c2c3c([2H])c([2H])c([2H])c([2H])c3c(-c3c([2H])c([2H])c([2H])c4c([2H])c([2H])c([2H])c([2H])c34)c3c([2H])c([2H])c([2H])c([2H])c23)c2c(oc3ccccc32)c1[2H]. The van der Waals surface area contributed by atoms with E-state index in [9.17, 15) is 8.22 Å². The zero-order chi connectivity index (χ0) is 40.0. The van der Waals surface area contributed by atoms with Crippen molar-refractivity contribution in [3.63, 3.8) is 0 Å². The van der Waals surface area contributed by atoms with Gasteiger partial charge in [-0.05, 0) is 66.7 Å². The molecule has 0 saturated carbocycles. The lowest BCUT2D eigenvalue weighted by atomic mass is 9.84. The van der Waals surface area contributed by atoms with Gasteiger partial charge >= 0.3 is 0 Å². The number of furan rings is 1. The summed E-state index contributed by atoms with van der Waals surface area (Å²) in [4.78, 5) is 0. The molecular formula is C36H22O. The van der Waals surface area contributed by atoms with Gasteiger partial charge in [0.25, 0.3) is 0 Å². The second-order valence-electron chi connectivity index (χ2n) is 8.30. The first-order chi connectivity index (χ1) is 25.9. The van der Waals surface area contributed by atoms with Crippen LogP contribution in [0.3, 0.4) is 0 Å². The first kappa shape index (κ1) is 9.53. The topological polar surface area (TPSA) is 13.1 Å². The molecule has 1 aromatic heterocycles. The van der Waals surface area contributed by atoms with Crippen LogP contribution in [-0.2, 0) is 0 Å². The Hall–Kier alpha value is -4.88. The van der Waals surface area contributed by atoms with Crippen molar-refractivity contribution < 1.29 is 29.1 Å². The quantitative estimate of drug-likeness (QED) is 0.221. The minimum absolute atomic E-state index is 0.0459. The van der Waals surface area contributed by atoms with E-state index in [0.29, 0.717) is 5.39 Å². The molecule has 0 aliphatic rings. The zero-order valence-corrected chi connectivity index (χ0v) is 18.7. The Labute approximate surface area is 239 Å². The number of hydrogen-bond acceptors (Lipinski definition) is 1. The predicted molar refractivity (Wildman–Crippen MR) is 157 cm³/mol. The molecule has 0 bridgehead atoms. The number of hydrogen-bond donors (Lipinski definition) is 0. The molecule has 7 aromatic carbocycles. The summed E-state index contributed by atoms with van der Waals surface area (Å²) in [6, 6.07) is -7.12. The lowest BCUT2D eigenvalue weighted by molar-refractivity contribution is 0.669. The van der Waals surface area contributed by atoms with Crippen molar-refractivity contribution in [2.75, 3.05) is 0 Å². The second-order valence-corrected chi connectivity index (χ2v) is 8.30. The van der Waals surface area contributed by atoms with Gasteiger partial charge in [0, 0.05) is 10.8 Å². The Morgan fingerprint density at radius 2 is 0.973 bits per heavy atom. The fourth-order valence-corrected chi connectivity index (χ4v) is 4.91. The van der Waals surface area contributed by atoms with Crippen LogP contribution in [0.5, 0.6) is 0 Å². The zero-order valence-electron chi connectivity index (χ0n) is 36.7. The Morgan fingerprint density at radius 1 is 0.432 bits per heavy atom. The van der Waals surface area contributed by atoms with Gasteiger partial charge in [0.05, 0.1) is 24.7 Å². The van der Waals surface area contributed by atoms with E-state index in [-0.39, 0.29) is 27.7 Å². The molecule has 0 atom stereocenters. The molecule has 1 nitrogen and oxygen atoms in total. The first-order valence-corrected chi connectivity index (χ1v) is 11.2. The molecule has 37 heavy (non-hydrogen) atoms. The van der Waals surface area contributed by atoms with Crippen LogP contribution in [0.1, 0.15) is 24.7 Å². The molecular weight excluding hydrogens is 448 g/mol. The maximum absolute atomic E-state index is 9.32. The Morgan fingerprint density at radius 3 is 1.70 bits per heavy atom. The predicted octanol–water partition coefficient (Wildman–Crippen LogP) is 10.4.